The fraction of sp³-hybridized carbons (Fsp3) is 0.833. The maximum absolute atomic E-state index is 12.2. The number of ether oxygens (including phenoxy) is 1. The van der Waals surface area contributed by atoms with E-state index in [0.29, 0.717) is 26.1 Å². The molecule has 19 heavy (non-hydrogen) atoms. The summed E-state index contributed by atoms with van der Waals surface area (Å²) in [5, 5.41) is 21.5. The Bertz CT molecular complexity index is 367. The highest BCUT2D eigenvalue weighted by atomic mass is 16.5. The van der Waals surface area contributed by atoms with Crippen molar-refractivity contribution in [3.63, 3.8) is 0 Å². The van der Waals surface area contributed by atoms with E-state index in [-0.39, 0.29) is 18.5 Å². The molecule has 7 heteroatoms. The van der Waals surface area contributed by atoms with Crippen molar-refractivity contribution in [1.82, 2.24) is 10.2 Å². The Morgan fingerprint density at radius 2 is 2.00 bits per heavy atom. The number of rotatable bonds is 2. The average molecular weight is 272 g/mol. The van der Waals surface area contributed by atoms with Crippen LogP contribution < -0.4 is 5.32 Å². The number of urea groups is 1. The van der Waals surface area contributed by atoms with E-state index >= 15 is 0 Å². The van der Waals surface area contributed by atoms with Crippen molar-refractivity contribution >= 4 is 12.0 Å². The van der Waals surface area contributed by atoms with Crippen molar-refractivity contribution < 1.29 is 24.5 Å². The lowest BCUT2D eigenvalue weighted by Crippen LogP contribution is -2.56. The van der Waals surface area contributed by atoms with Gasteiger partial charge in [-0.1, -0.05) is 0 Å². The van der Waals surface area contributed by atoms with Crippen LogP contribution in [-0.4, -0.2) is 64.6 Å². The number of aliphatic hydroxyl groups is 1. The second-order valence-electron chi connectivity index (χ2n) is 5.50. The number of nitrogens with zero attached hydrogens (tertiary/aromatic N) is 1. The lowest BCUT2D eigenvalue weighted by Gasteiger charge is -2.36. The first kappa shape index (κ1) is 14.1. The number of carboxylic acid groups (broad SMARTS) is 1. The molecule has 108 valence electrons. The highest BCUT2D eigenvalue weighted by molar-refractivity contribution is 5.83. The van der Waals surface area contributed by atoms with Crippen molar-refractivity contribution in [3.8, 4) is 0 Å². The normalized spacial score (nSPS) is 30.1. The third-order valence-electron chi connectivity index (χ3n) is 3.83. The number of β-amino-alcohol motifs (C(OH)–C–C–N with tert-alkyl or cyclic N) is 1. The van der Waals surface area contributed by atoms with Crippen LogP contribution in [-0.2, 0) is 9.53 Å². The summed E-state index contributed by atoms with van der Waals surface area (Å²) in [5.74, 6) is -1.08. The minimum atomic E-state index is -1.08. The Hall–Kier alpha value is -1.34. The van der Waals surface area contributed by atoms with Gasteiger partial charge >= 0.3 is 12.0 Å². The standard InChI is InChI=1S/C12H20N2O5/c1-12(2-4-19-5-3-12)13-11(18)14-7-8(15)6-9(14)10(16)17/h8-9,15H,2-7H2,1H3,(H,13,18)(H,16,17)/t8-,9-/m0/s1. The van der Waals surface area contributed by atoms with E-state index in [1.807, 2.05) is 6.92 Å². The molecule has 0 aliphatic carbocycles. The van der Waals surface area contributed by atoms with E-state index in [4.69, 9.17) is 9.84 Å². The Kier molecular flexibility index (Phi) is 3.96. The molecule has 2 heterocycles. The van der Waals surface area contributed by atoms with Crippen molar-refractivity contribution in [2.45, 2.75) is 43.9 Å². The topological polar surface area (TPSA) is 99.1 Å². The fourth-order valence-corrected chi connectivity index (χ4v) is 2.55. The van der Waals surface area contributed by atoms with Crippen LogP contribution in [0.15, 0.2) is 0 Å². The summed E-state index contributed by atoms with van der Waals surface area (Å²) in [6, 6.07) is -1.37. The van der Waals surface area contributed by atoms with Crippen molar-refractivity contribution in [2.75, 3.05) is 19.8 Å². The monoisotopic (exact) mass is 272 g/mol. The summed E-state index contributed by atoms with van der Waals surface area (Å²) >= 11 is 0. The Morgan fingerprint density at radius 3 is 2.58 bits per heavy atom. The van der Waals surface area contributed by atoms with Gasteiger partial charge in [-0.3, -0.25) is 0 Å². The summed E-state index contributed by atoms with van der Waals surface area (Å²) in [6.07, 6.45) is 0.719. The van der Waals surface area contributed by atoms with Crippen molar-refractivity contribution in [3.05, 3.63) is 0 Å². The molecule has 0 spiro atoms. The van der Waals surface area contributed by atoms with Gasteiger partial charge in [0.25, 0.3) is 0 Å². The van der Waals surface area contributed by atoms with Crippen LogP contribution in [0.2, 0.25) is 0 Å². The van der Waals surface area contributed by atoms with Gasteiger partial charge in [0.15, 0.2) is 0 Å². The van der Waals surface area contributed by atoms with Crippen LogP contribution in [0.5, 0.6) is 0 Å². The molecular weight excluding hydrogens is 252 g/mol. The highest BCUT2D eigenvalue weighted by Crippen LogP contribution is 2.23. The predicted octanol–water partition coefficient (Wildman–Crippen LogP) is -0.215. The van der Waals surface area contributed by atoms with E-state index in [2.05, 4.69) is 5.32 Å². The average Bonchev–Trinajstić information content (AvgIpc) is 2.72. The third kappa shape index (κ3) is 3.16. The summed E-state index contributed by atoms with van der Waals surface area (Å²) in [4.78, 5) is 24.5. The van der Waals surface area contributed by atoms with Crippen LogP contribution >= 0.6 is 0 Å². The highest BCUT2D eigenvalue weighted by Gasteiger charge is 2.41. The number of amides is 2. The largest absolute Gasteiger partial charge is 0.480 e. The molecule has 0 aromatic rings. The van der Waals surface area contributed by atoms with E-state index in [1.54, 1.807) is 0 Å². The minimum absolute atomic E-state index is 0.0649. The molecule has 0 aromatic carbocycles. The van der Waals surface area contributed by atoms with Crippen molar-refractivity contribution in [1.29, 1.82) is 0 Å². The van der Waals surface area contributed by atoms with Crippen LogP contribution in [0, 0.1) is 0 Å². The number of likely N-dealkylation sites (tertiary alicyclic amines) is 1. The second kappa shape index (κ2) is 5.34. The van der Waals surface area contributed by atoms with Crippen LogP contribution in [0.4, 0.5) is 4.79 Å². The van der Waals surface area contributed by atoms with Gasteiger partial charge in [-0.2, -0.15) is 0 Å². The van der Waals surface area contributed by atoms with Gasteiger partial charge in [0.05, 0.1) is 6.10 Å². The van der Waals surface area contributed by atoms with Gasteiger partial charge < -0.3 is 25.2 Å². The molecule has 0 saturated carbocycles. The zero-order valence-electron chi connectivity index (χ0n) is 11.0. The number of carbonyl (C=O) groups excluding carboxylic acids is 1. The molecule has 7 nitrogen and oxygen atoms in total. The van der Waals surface area contributed by atoms with Crippen LogP contribution in [0.25, 0.3) is 0 Å². The maximum Gasteiger partial charge on any atom is 0.326 e. The smallest absolute Gasteiger partial charge is 0.326 e. The molecule has 0 radical (unpaired) electrons. The molecule has 0 aromatic heterocycles. The fourth-order valence-electron chi connectivity index (χ4n) is 2.55. The first-order valence-corrected chi connectivity index (χ1v) is 6.49. The number of hydrogen-bond donors (Lipinski definition) is 3. The Balaban J connectivity index is 2.00. The first-order valence-electron chi connectivity index (χ1n) is 6.49. The number of carbonyl (C=O) groups is 2. The molecule has 2 aliphatic rings. The molecular formula is C12H20N2O5. The molecule has 2 fully saturated rings. The van der Waals surface area contributed by atoms with Crippen molar-refractivity contribution in [2.24, 2.45) is 0 Å². The number of aliphatic carboxylic acids is 1. The Labute approximate surface area is 111 Å². The summed E-state index contributed by atoms with van der Waals surface area (Å²) < 4.78 is 5.25. The zero-order valence-corrected chi connectivity index (χ0v) is 11.0. The minimum Gasteiger partial charge on any atom is -0.480 e. The summed E-state index contributed by atoms with van der Waals surface area (Å²) in [5.41, 5.74) is -0.369. The SMILES string of the molecule is CC1(NC(=O)N2C[C@@H](O)C[C@H]2C(=O)O)CCOCC1. The summed E-state index contributed by atoms with van der Waals surface area (Å²) in [7, 11) is 0. The van der Waals surface area contributed by atoms with Crippen LogP contribution in [0.1, 0.15) is 26.2 Å². The molecule has 2 aliphatic heterocycles. The maximum atomic E-state index is 12.2. The van der Waals surface area contributed by atoms with E-state index in [9.17, 15) is 14.7 Å². The lowest BCUT2D eigenvalue weighted by atomic mass is 9.93. The van der Waals surface area contributed by atoms with Gasteiger partial charge in [-0.25, -0.2) is 9.59 Å². The third-order valence-corrected chi connectivity index (χ3v) is 3.83. The van der Waals surface area contributed by atoms with E-state index < -0.39 is 24.1 Å². The Morgan fingerprint density at radius 1 is 1.37 bits per heavy atom. The van der Waals surface area contributed by atoms with Gasteiger partial charge in [0.2, 0.25) is 0 Å². The van der Waals surface area contributed by atoms with Gasteiger partial charge in [-0.05, 0) is 19.8 Å². The lowest BCUT2D eigenvalue weighted by molar-refractivity contribution is -0.141. The molecule has 0 bridgehead atoms. The quantitative estimate of drug-likeness (QED) is 0.645. The first-order chi connectivity index (χ1) is 8.91. The van der Waals surface area contributed by atoms with E-state index in [1.165, 1.54) is 4.90 Å². The van der Waals surface area contributed by atoms with Gasteiger partial charge in [0.1, 0.15) is 6.04 Å². The van der Waals surface area contributed by atoms with E-state index in [0.717, 1.165) is 0 Å². The molecule has 0 unspecified atom stereocenters. The summed E-state index contributed by atoms with van der Waals surface area (Å²) in [6.45, 7) is 3.16. The predicted molar refractivity (Wildman–Crippen MR) is 65.7 cm³/mol. The molecule has 2 rings (SSSR count). The van der Waals surface area contributed by atoms with Gasteiger partial charge in [-0.15, -0.1) is 0 Å². The number of aliphatic hydroxyl groups excluding tert-OH is 1. The number of hydrogen-bond acceptors (Lipinski definition) is 4. The molecule has 2 atom stereocenters. The van der Waals surface area contributed by atoms with Crippen LogP contribution in [0.3, 0.4) is 0 Å². The zero-order chi connectivity index (χ0) is 14.0. The molecule has 3 N–H and O–H groups in total. The number of nitrogens with one attached hydrogen (secondary N) is 1. The second-order valence-corrected chi connectivity index (χ2v) is 5.50. The molecule has 2 amide bonds. The number of carboxylic acids is 1. The molecule has 2 saturated heterocycles. The van der Waals surface area contributed by atoms with Gasteiger partial charge in [0, 0.05) is 31.7 Å².